The molecule has 2 N–H and O–H groups in total. The van der Waals surface area contributed by atoms with Gasteiger partial charge >= 0.3 is 0 Å². The van der Waals surface area contributed by atoms with Gasteiger partial charge in [-0.25, -0.2) is 0 Å². The molecule has 2 aromatic carbocycles. The summed E-state index contributed by atoms with van der Waals surface area (Å²) >= 11 is 0. The lowest BCUT2D eigenvalue weighted by Gasteiger charge is -2.32. The first-order chi connectivity index (χ1) is 16.2. The summed E-state index contributed by atoms with van der Waals surface area (Å²) in [5.41, 5.74) is 5.02. The molecule has 1 aliphatic carbocycles. The fourth-order valence-electron chi connectivity index (χ4n) is 5.54. The van der Waals surface area contributed by atoms with Gasteiger partial charge < -0.3 is 10.6 Å². The smallest absolute Gasteiger partial charge is 0.252 e. The number of nitrogens with one attached hydrogen (secondary N) is 2. The molecule has 5 nitrogen and oxygen atoms in total. The van der Waals surface area contributed by atoms with Crippen LogP contribution in [0.1, 0.15) is 71.6 Å². The molecule has 1 aliphatic heterocycles. The first kappa shape index (κ1) is 21.6. The van der Waals surface area contributed by atoms with Crippen molar-refractivity contribution in [2.75, 3.05) is 6.54 Å². The third-order valence-electron chi connectivity index (χ3n) is 7.37. The van der Waals surface area contributed by atoms with E-state index in [2.05, 4.69) is 33.8 Å². The maximum atomic E-state index is 12.9. The molecular formula is C28H30N4O. The highest BCUT2D eigenvalue weighted by atomic mass is 16.1. The van der Waals surface area contributed by atoms with E-state index < -0.39 is 0 Å². The number of nitrogens with zero attached hydrogens (tertiary/aromatic N) is 2. The van der Waals surface area contributed by atoms with Gasteiger partial charge in [0.1, 0.15) is 0 Å². The molecule has 1 atom stereocenters. The van der Waals surface area contributed by atoms with Crippen molar-refractivity contribution in [3.05, 3.63) is 77.0 Å². The van der Waals surface area contributed by atoms with Crippen molar-refractivity contribution in [2.45, 2.75) is 57.0 Å². The van der Waals surface area contributed by atoms with Crippen molar-refractivity contribution in [2.24, 2.45) is 5.92 Å². The molecule has 33 heavy (non-hydrogen) atoms. The quantitative estimate of drug-likeness (QED) is 0.583. The van der Waals surface area contributed by atoms with Gasteiger partial charge in [-0.15, -0.1) is 0 Å². The van der Waals surface area contributed by atoms with E-state index in [1.165, 1.54) is 17.5 Å². The van der Waals surface area contributed by atoms with E-state index in [4.69, 9.17) is 0 Å². The van der Waals surface area contributed by atoms with Gasteiger partial charge in [-0.1, -0.05) is 18.2 Å². The number of aromatic nitrogens is 1. The Morgan fingerprint density at radius 3 is 2.82 bits per heavy atom. The zero-order valence-electron chi connectivity index (χ0n) is 18.9. The first-order valence-corrected chi connectivity index (χ1v) is 12.1. The molecule has 1 fully saturated rings. The predicted molar refractivity (Wildman–Crippen MR) is 130 cm³/mol. The molecule has 3 aromatic rings. The number of pyridine rings is 1. The second kappa shape index (κ2) is 9.72. The summed E-state index contributed by atoms with van der Waals surface area (Å²) < 4.78 is 0. The number of amides is 1. The van der Waals surface area contributed by atoms with Crippen LogP contribution in [0.4, 0.5) is 0 Å². The molecule has 1 saturated carbocycles. The van der Waals surface area contributed by atoms with Gasteiger partial charge in [-0.05, 0) is 98.9 Å². The summed E-state index contributed by atoms with van der Waals surface area (Å²) in [5.74, 6) is 0.724. The lowest BCUT2D eigenvalue weighted by molar-refractivity contribution is 0.0922. The summed E-state index contributed by atoms with van der Waals surface area (Å²) in [6.07, 6.45) is 9.49. The van der Waals surface area contributed by atoms with Gasteiger partial charge in [-0.2, -0.15) is 5.26 Å². The van der Waals surface area contributed by atoms with Crippen molar-refractivity contribution >= 4 is 16.8 Å². The summed E-state index contributed by atoms with van der Waals surface area (Å²) in [7, 11) is 0. The SMILES string of the molecule is N#Cc1ccc2c(c1)CCNC2CCC1CCC(NC(=O)c2cccc3ncccc23)CC1. The average Bonchev–Trinajstić information content (AvgIpc) is 2.87. The number of carbonyl (C=O) groups excluding carboxylic acids is 1. The van der Waals surface area contributed by atoms with Gasteiger partial charge in [0.15, 0.2) is 0 Å². The van der Waals surface area contributed by atoms with Crippen LogP contribution in [0.3, 0.4) is 0 Å². The van der Waals surface area contributed by atoms with E-state index in [0.29, 0.717) is 17.5 Å². The van der Waals surface area contributed by atoms with E-state index in [1.807, 2.05) is 36.4 Å². The largest absolute Gasteiger partial charge is 0.349 e. The molecule has 0 radical (unpaired) electrons. The third kappa shape index (κ3) is 4.77. The van der Waals surface area contributed by atoms with Crippen LogP contribution < -0.4 is 10.6 Å². The molecule has 2 heterocycles. The number of hydrogen-bond donors (Lipinski definition) is 2. The lowest BCUT2D eigenvalue weighted by atomic mass is 9.81. The van der Waals surface area contributed by atoms with Crippen LogP contribution in [0.5, 0.6) is 0 Å². The molecule has 5 heteroatoms. The monoisotopic (exact) mass is 438 g/mol. The molecule has 168 valence electrons. The van der Waals surface area contributed by atoms with E-state index in [0.717, 1.165) is 61.5 Å². The van der Waals surface area contributed by atoms with E-state index in [1.54, 1.807) is 6.20 Å². The maximum absolute atomic E-state index is 12.9. The Bertz CT molecular complexity index is 1180. The van der Waals surface area contributed by atoms with Crippen LogP contribution in [-0.2, 0) is 6.42 Å². The van der Waals surface area contributed by atoms with Crippen LogP contribution in [0.25, 0.3) is 10.9 Å². The fourth-order valence-corrected chi connectivity index (χ4v) is 5.54. The Labute approximate surface area is 195 Å². The summed E-state index contributed by atoms with van der Waals surface area (Å²) in [5, 5.41) is 17.0. The highest BCUT2D eigenvalue weighted by molar-refractivity contribution is 6.06. The Morgan fingerprint density at radius 2 is 1.97 bits per heavy atom. The topological polar surface area (TPSA) is 77.8 Å². The third-order valence-corrected chi connectivity index (χ3v) is 7.37. The summed E-state index contributed by atoms with van der Waals surface area (Å²) in [4.78, 5) is 17.3. The minimum Gasteiger partial charge on any atom is -0.349 e. The summed E-state index contributed by atoms with van der Waals surface area (Å²) in [6.45, 7) is 0.981. The standard InChI is InChI=1S/C28H30N4O/c29-18-20-8-12-23-21(17-20)14-16-31-27(23)13-9-19-6-10-22(11-7-19)32-28(33)25-3-1-5-26-24(25)4-2-15-30-26/h1-5,8,12,15,17,19,22,27,31H,6-7,9-11,13-14,16H2,(H,32,33). The van der Waals surface area contributed by atoms with Crippen molar-refractivity contribution < 1.29 is 4.79 Å². The Balaban J connectivity index is 1.13. The van der Waals surface area contributed by atoms with E-state index in [9.17, 15) is 10.1 Å². The Morgan fingerprint density at radius 1 is 1.09 bits per heavy atom. The number of carbonyl (C=O) groups is 1. The van der Waals surface area contributed by atoms with Crippen molar-refractivity contribution in [3.8, 4) is 6.07 Å². The van der Waals surface area contributed by atoms with Gasteiger partial charge in [0.25, 0.3) is 5.91 Å². The summed E-state index contributed by atoms with van der Waals surface area (Å²) in [6, 6.07) is 18.6. The van der Waals surface area contributed by atoms with Crippen LogP contribution in [0.2, 0.25) is 0 Å². The normalized spacial score (nSPS) is 22.3. The maximum Gasteiger partial charge on any atom is 0.252 e. The fraction of sp³-hybridized carbons (Fsp3) is 0.393. The molecule has 0 spiro atoms. The van der Waals surface area contributed by atoms with Crippen LogP contribution in [0, 0.1) is 17.2 Å². The zero-order chi connectivity index (χ0) is 22.6. The molecular weight excluding hydrogens is 408 g/mol. The number of benzene rings is 2. The van der Waals surface area contributed by atoms with Crippen LogP contribution in [0.15, 0.2) is 54.7 Å². The number of hydrogen-bond acceptors (Lipinski definition) is 4. The second-order valence-corrected chi connectivity index (χ2v) is 9.43. The second-order valence-electron chi connectivity index (χ2n) is 9.43. The van der Waals surface area contributed by atoms with E-state index in [-0.39, 0.29) is 11.9 Å². The highest BCUT2D eigenvalue weighted by Crippen LogP contribution is 2.33. The molecule has 0 saturated heterocycles. The van der Waals surface area contributed by atoms with Crippen LogP contribution >= 0.6 is 0 Å². The van der Waals surface area contributed by atoms with Gasteiger partial charge in [0.2, 0.25) is 0 Å². The number of fused-ring (bicyclic) bond motifs is 2. The van der Waals surface area contributed by atoms with E-state index >= 15 is 0 Å². The van der Waals surface area contributed by atoms with Gasteiger partial charge in [0, 0.05) is 29.2 Å². The highest BCUT2D eigenvalue weighted by Gasteiger charge is 2.26. The first-order valence-electron chi connectivity index (χ1n) is 12.1. The van der Waals surface area contributed by atoms with Crippen molar-refractivity contribution in [3.63, 3.8) is 0 Å². The van der Waals surface area contributed by atoms with Crippen molar-refractivity contribution in [1.29, 1.82) is 5.26 Å². The minimum absolute atomic E-state index is 0.0109. The molecule has 2 aliphatic rings. The molecule has 1 unspecified atom stereocenters. The number of nitriles is 1. The molecule has 1 amide bonds. The molecule has 5 rings (SSSR count). The Kier molecular flexibility index (Phi) is 6.37. The predicted octanol–water partition coefficient (Wildman–Crippen LogP) is 5.06. The Hall–Kier alpha value is -3.23. The average molecular weight is 439 g/mol. The lowest BCUT2D eigenvalue weighted by Crippen LogP contribution is -2.38. The van der Waals surface area contributed by atoms with Crippen molar-refractivity contribution in [1.82, 2.24) is 15.6 Å². The number of rotatable bonds is 5. The molecule has 1 aromatic heterocycles. The van der Waals surface area contributed by atoms with Crippen LogP contribution in [-0.4, -0.2) is 23.5 Å². The minimum atomic E-state index is 0.0109. The van der Waals surface area contributed by atoms with Gasteiger partial charge in [-0.3, -0.25) is 9.78 Å². The van der Waals surface area contributed by atoms with Gasteiger partial charge in [0.05, 0.1) is 17.1 Å². The molecule has 0 bridgehead atoms. The zero-order valence-corrected chi connectivity index (χ0v) is 18.9.